The van der Waals surface area contributed by atoms with Crippen LogP contribution in [-0.4, -0.2) is 4.57 Å². The predicted octanol–water partition coefficient (Wildman–Crippen LogP) is 6.75. The molecule has 126 valence electrons. The second-order valence-corrected chi connectivity index (χ2v) is 6.87. The molecular weight excluding hydrogens is 302 g/mol. The molecule has 1 nitrogen and oxygen atoms in total. The molecule has 0 saturated carbocycles. The van der Waals surface area contributed by atoms with Gasteiger partial charge in [-0.3, -0.25) is 0 Å². The lowest BCUT2D eigenvalue weighted by molar-refractivity contribution is 0.330. The molecule has 1 heteroatoms. The summed E-state index contributed by atoms with van der Waals surface area (Å²) < 4.78 is 2.61. The molecule has 1 heterocycles. The molecule has 25 heavy (non-hydrogen) atoms. The molecule has 1 atom stereocenters. The van der Waals surface area contributed by atoms with Gasteiger partial charge in [0, 0.05) is 21.8 Å². The molecule has 0 N–H and O–H groups in total. The molecular formula is C24H25N. The van der Waals surface area contributed by atoms with E-state index < -0.39 is 0 Å². The molecule has 1 aromatic heterocycles. The first kappa shape index (κ1) is 16.0. The Morgan fingerprint density at radius 1 is 0.680 bits per heavy atom. The second kappa shape index (κ2) is 6.40. The van der Waals surface area contributed by atoms with Crippen LogP contribution in [0, 0.1) is 0 Å². The third kappa shape index (κ3) is 2.38. The highest BCUT2D eigenvalue weighted by Crippen LogP contribution is 2.42. The number of hydrogen-bond acceptors (Lipinski definition) is 0. The van der Waals surface area contributed by atoms with Gasteiger partial charge in [0.15, 0.2) is 0 Å². The fourth-order valence-electron chi connectivity index (χ4n) is 4.47. The highest BCUT2D eigenvalue weighted by molar-refractivity contribution is 6.08. The predicted molar refractivity (Wildman–Crippen MR) is 108 cm³/mol. The summed E-state index contributed by atoms with van der Waals surface area (Å²) in [5, 5.41) is 2.70. The van der Waals surface area contributed by atoms with Gasteiger partial charge in [-0.2, -0.15) is 0 Å². The number of fused-ring (bicyclic) bond motifs is 3. The van der Waals surface area contributed by atoms with Gasteiger partial charge in [-0.05, 0) is 30.5 Å². The molecule has 0 aliphatic heterocycles. The minimum Gasteiger partial charge on any atom is -0.330 e. The zero-order chi connectivity index (χ0) is 17.3. The number of rotatable bonds is 5. The van der Waals surface area contributed by atoms with Gasteiger partial charge in [0.1, 0.15) is 0 Å². The highest BCUT2D eigenvalue weighted by atomic mass is 15.1. The molecule has 0 aliphatic rings. The van der Waals surface area contributed by atoms with Gasteiger partial charge < -0.3 is 4.57 Å². The molecule has 0 amide bonds. The molecule has 4 rings (SSSR count). The Labute approximate surface area is 149 Å². The highest BCUT2D eigenvalue weighted by Gasteiger charge is 2.34. The third-order valence-corrected chi connectivity index (χ3v) is 5.57. The number of para-hydroxylation sites is 2. The van der Waals surface area contributed by atoms with Crippen LogP contribution in [0.3, 0.4) is 0 Å². The number of benzene rings is 3. The Balaban J connectivity index is 2.15. The minimum absolute atomic E-state index is 0.0152. The molecule has 0 radical (unpaired) electrons. The van der Waals surface area contributed by atoms with E-state index in [0.29, 0.717) is 0 Å². The van der Waals surface area contributed by atoms with Crippen LogP contribution >= 0.6 is 0 Å². The Morgan fingerprint density at radius 2 is 1.20 bits per heavy atom. The summed E-state index contributed by atoms with van der Waals surface area (Å²) in [6.07, 6.45) is 3.37. The fourth-order valence-corrected chi connectivity index (χ4v) is 4.47. The average Bonchev–Trinajstić information content (AvgIpc) is 3.02. The van der Waals surface area contributed by atoms with Gasteiger partial charge in [-0.25, -0.2) is 0 Å². The molecule has 4 aromatic rings. The Morgan fingerprint density at radius 3 is 1.72 bits per heavy atom. The van der Waals surface area contributed by atoms with Crippen molar-refractivity contribution in [3.05, 3.63) is 84.4 Å². The van der Waals surface area contributed by atoms with E-state index >= 15 is 0 Å². The minimum atomic E-state index is -0.0152. The van der Waals surface area contributed by atoms with Crippen molar-refractivity contribution in [1.82, 2.24) is 4.57 Å². The third-order valence-electron chi connectivity index (χ3n) is 5.57. The van der Waals surface area contributed by atoms with E-state index in [9.17, 15) is 0 Å². The van der Waals surface area contributed by atoms with Crippen LogP contribution < -0.4 is 0 Å². The van der Waals surface area contributed by atoms with E-state index in [2.05, 4.69) is 97.3 Å². The standard InChI is InChI=1S/C24H25N/c1-3-18-24(4-2,19-12-6-5-7-13-19)25-22-16-10-8-14-20(22)21-15-9-11-17-23(21)25/h5-17H,3-4,18H2,1-2H3. The van der Waals surface area contributed by atoms with E-state index in [1.807, 2.05) is 0 Å². The largest absolute Gasteiger partial charge is 0.330 e. The van der Waals surface area contributed by atoms with Crippen molar-refractivity contribution in [1.29, 1.82) is 0 Å². The molecule has 0 saturated heterocycles. The van der Waals surface area contributed by atoms with E-state index in [-0.39, 0.29) is 5.54 Å². The quantitative estimate of drug-likeness (QED) is 0.382. The van der Waals surface area contributed by atoms with Crippen LogP contribution in [0.15, 0.2) is 78.9 Å². The summed E-state index contributed by atoms with van der Waals surface area (Å²) in [7, 11) is 0. The second-order valence-electron chi connectivity index (χ2n) is 6.87. The summed E-state index contributed by atoms with van der Waals surface area (Å²) in [5.74, 6) is 0. The summed E-state index contributed by atoms with van der Waals surface area (Å²) in [4.78, 5) is 0. The van der Waals surface area contributed by atoms with Crippen molar-refractivity contribution in [2.75, 3.05) is 0 Å². The van der Waals surface area contributed by atoms with Crippen molar-refractivity contribution in [2.24, 2.45) is 0 Å². The Kier molecular flexibility index (Phi) is 4.09. The van der Waals surface area contributed by atoms with E-state index in [1.54, 1.807) is 0 Å². The number of nitrogens with zero attached hydrogens (tertiary/aromatic N) is 1. The van der Waals surface area contributed by atoms with Gasteiger partial charge in [0.25, 0.3) is 0 Å². The topological polar surface area (TPSA) is 4.93 Å². The van der Waals surface area contributed by atoms with Crippen LogP contribution in [0.5, 0.6) is 0 Å². The summed E-state index contributed by atoms with van der Waals surface area (Å²) >= 11 is 0. The lowest BCUT2D eigenvalue weighted by Gasteiger charge is -2.37. The molecule has 0 fully saturated rings. The van der Waals surface area contributed by atoms with Crippen LogP contribution in [-0.2, 0) is 5.54 Å². The molecule has 1 unspecified atom stereocenters. The van der Waals surface area contributed by atoms with Gasteiger partial charge in [0.2, 0.25) is 0 Å². The number of aromatic nitrogens is 1. The first-order valence-electron chi connectivity index (χ1n) is 9.36. The smallest absolute Gasteiger partial charge is 0.0700 e. The van der Waals surface area contributed by atoms with Gasteiger partial charge in [0.05, 0.1) is 5.54 Å². The SMILES string of the molecule is CCCC(CC)(c1ccccc1)n1c2ccccc2c2ccccc21. The lowest BCUT2D eigenvalue weighted by atomic mass is 9.82. The van der Waals surface area contributed by atoms with Crippen LogP contribution in [0.2, 0.25) is 0 Å². The average molecular weight is 327 g/mol. The molecule has 0 bridgehead atoms. The number of hydrogen-bond donors (Lipinski definition) is 0. The summed E-state index contributed by atoms with van der Waals surface area (Å²) in [5.41, 5.74) is 4.06. The normalized spacial score (nSPS) is 14.0. The summed E-state index contributed by atoms with van der Waals surface area (Å²) in [6, 6.07) is 28.7. The van der Waals surface area contributed by atoms with Crippen molar-refractivity contribution in [3.8, 4) is 0 Å². The maximum atomic E-state index is 2.61. The van der Waals surface area contributed by atoms with E-state index in [4.69, 9.17) is 0 Å². The molecule has 3 aromatic carbocycles. The zero-order valence-corrected chi connectivity index (χ0v) is 15.1. The van der Waals surface area contributed by atoms with E-state index in [1.165, 1.54) is 27.4 Å². The lowest BCUT2D eigenvalue weighted by Crippen LogP contribution is -2.34. The van der Waals surface area contributed by atoms with Gasteiger partial charge in [-0.1, -0.05) is 87.0 Å². The molecule has 0 spiro atoms. The van der Waals surface area contributed by atoms with Crippen LogP contribution in [0.4, 0.5) is 0 Å². The summed E-state index contributed by atoms with van der Waals surface area (Å²) in [6.45, 7) is 4.62. The van der Waals surface area contributed by atoms with Crippen LogP contribution in [0.25, 0.3) is 21.8 Å². The van der Waals surface area contributed by atoms with Gasteiger partial charge >= 0.3 is 0 Å². The van der Waals surface area contributed by atoms with Crippen molar-refractivity contribution in [2.45, 2.75) is 38.6 Å². The first-order chi connectivity index (χ1) is 12.3. The van der Waals surface area contributed by atoms with Crippen molar-refractivity contribution in [3.63, 3.8) is 0 Å². The van der Waals surface area contributed by atoms with Crippen LogP contribution in [0.1, 0.15) is 38.7 Å². The zero-order valence-electron chi connectivity index (χ0n) is 15.1. The maximum Gasteiger partial charge on any atom is 0.0700 e. The van der Waals surface area contributed by atoms with E-state index in [0.717, 1.165) is 19.3 Å². The Bertz CT molecular complexity index is 943. The molecule has 0 aliphatic carbocycles. The Hall–Kier alpha value is -2.54. The van der Waals surface area contributed by atoms with Gasteiger partial charge in [-0.15, -0.1) is 0 Å². The first-order valence-corrected chi connectivity index (χ1v) is 9.36. The maximum absolute atomic E-state index is 2.61. The van der Waals surface area contributed by atoms with Crippen molar-refractivity contribution >= 4 is 21.8 Å². The van der Waals surface area contributed by atoms with Crippen molar-refractivity contribution < 1.29 is 0 Å². The monoisotopic (exact) mass is 327 g/mol. The fraction of sp³-hybridized carbons (Fsp3) is 0.250.